The second-order valence-corrected chi connectivity index (χ2v) is 6.01. The number of para-hydroxylation sites is 1. The molecule has 0 atom stereocenters. The summed E-state index contributed by atoms with van der Waals surface area (Å²) in [6.07, 6.45) is 0.397. The molecule has 1 aromatic rings. The summed E-state index contributed by atoms with van der Waals surface area (Å²) >= 11 is 0. The topological polar surface area (TPSA) is 83.4 Å². The minimum absolute atomic E-state index is 0.0385. The number of alkyl carbamates (subject to hydrolysis) is 1. The number of nitrogens with zero attached hydrogens (tertiary/aromatic N) is 1. The van der Waals surface area contributed by atoms with Crippen LogP contribution in [0.25, 0.3) is 0 Å². The molecule has 0 unspecified atom stereocenters. The molecule has 0 spiro atoms. The molecule has 6 heteroatoms. The molecule has 23 heavy (non-hydrogen) atoms. The Morgan fingerprint density at radius 2 is 2.00 bits per heavy atom. The van der Waals surface area contributed by atoms with E-state index in [1.807, 2.05) is 51.1 Å². The summed E-state index contributed by atoms with van der Waals surface area (Å²) in [5.41, 5.74) is 0.526. The van der Waals surface area contributed by atoms with E-state index in [-0.39, 0.29) is 6.61 Å². The van der Waals surface area contributed by atoms with Gasteiger partial charge in [0.05, 0.1) is 0 Å². The summed E-state index contributed by atoms with van der Waals surface area (Å²) in [5.74, 6) is 0.716. The Balaban J connectivity index is 2.21. The Bertz CT molecular complexity index is 533. The van der Waals surface area contributed by atoms with E-state index < -0.39 is 11.7 Å². The van der Waals surface area contributed by atoms with Gasteiger partial charge >= 0.3 is 6.09 Å². The highest BCUT2D eigenvalue weighted by molar-refractivity contribution is 5.67. The zero-order valence-electron chi connectivity index (χ0n) is 14.0. The fourth-order valence-electron chi connectivity index (χ4n) is 1.84. The summed E-state index contributed by atoms with van der Waals surface area (Å²) in [6, 6.07) is 9.57. The van der Waals surface area contributed by atoms with Gasteiger partial charge in [-0.2, -0.15) is 5.26 Å². The molecular formula is C17H25N3O3. The Kier molecular flexibility index (Phi) is 7.92. The third-order valence-electron chi connectivity index (χ3n) is 2.78. The van der Waals surface area contributed by atoms with Crippen LogP contribution >= 0.6 is 0 Å². The average Bonchev–Trinajstić information content (AvgIpc) is 2.47. The number of amides is 1. The molecule has 0 aliphatic carbocycles. The van der Waals surface area contributed by atoms with E-state index >= 15 is 0 Å². The number of carbonyl (C=O) groups is 1. The minimum Gasteiger partial charge on any atom is -0.478 e. The Labute approximate surface area is 137 Å². The van der Waals surface area contributed by atoms with Gasteiger partial charge < -0.3 is 20.1 Å². The predicted octanol–water partition coefficient (Wildman–Crippen LogP) is 2.59. The van der Waals surface area contributed by atoms with Crippen molar-refractivity contribution in [3.05, 3.63) is 29.8 Å². The molecular weight excluding hydrogens is 294 g/mol. The molecule has 0 saturated heterocycles. The summed E-state index contributed by atoms with van der Waals surface area (Å²) in [4.78, 5) is 11.5. The molecule has 0 heterocycles. The molecule has 0 radical (unpaired) electrons. The molecule has 2 N–H and O–H groups in total. The third kappa shape index (κ3) is 8.69. The smallest absolute Gasteiger partial charge is 0.407 e. The highest BCUT2D eigenvalue weighted by Gasteiger charge is 2.15. The lowest BCUT2D eigenvalue weighted by molar-refractivity contribution is 0.0527. The molecule has 0 fully saturated rings. The Morgan fingerprint density at radius 3 is 2.70 bits per heavy atom. The maximum absolute atomic E-state index is 11.5. The average molecular weight is 319 g/mol. The Hall–Kier alpha value is -2.26. The number of rotatable bonds is 8. The van der Waals surface area contributed by atoms with Crippen molar-refractivity contribution >= 4 is 6.09 Å². The van der Waals surface area contributed by atoms with Crippen molar-refractivity contribution < 1.29 is 14.3 Å². The highest BCUT2D eigenvalue weighted by atomic mass is 16.6. The second-order valence-electron chi connectivity index (χ2n) is 6.01. The molecule has 1 rings (SSSR count). The van der Waals surface area contributed by atoms with Crippen LogP contribution in [-0.2, 0) is 11.3 Å². The zero-order chi connectivity index (χ0) is 17.1. The lowest BCUT2D eigenvalue weighted by atomic mass is 10.2. The van der Waals surface area contributed by atoms with Crippen molar-refractivity contribution in [3.63, 3.8) is 0 Å². The van der Waals surface area contributed by atoms with Crippen LogP contribution in [0.5, 0.6) is 5.75 Å². The van der Waals surface area contributed by atoms with Crippen molar-refractivity contribution in [3.8, 4) is 11.8 Å². The molecule has 0 aromatic heterocycles. The number of nitriles is 1. The van der Waals surface area contributed by atoms with Crippen molar-refractivity contribution in [1.82, 2.24) is 10.6 Å². The van der Waals surface area contributed by atoms with Crippen LogP contribution in [0.3, 0.4) is 0 Å². The molecule has 1 aromatic carbocycles. The zero-order valence-corrected chi connectivity index (χ0v) is 14.0. The maximum atomic E-state index is 11.5. The fraction of sp³-hybridized carbons (Fsp3) is 0.529. The maximum Gasteiger partial charge on any atom is 0.407 e. The van der Waals surface area contributed by atoms with Crippen LogP contribution in [0, 0.1) is 11.3 Å². The number of ether oxygens (including phenoxy) is 2. The number of nitrogens with one attached hydrogen (secondary N) is 2. The molecule has 0 aliphatic rings. The van der Waals surface area contributed by atoms with Crippen LogP contribution in [0.2, 0.25) is 0 Å². The lowest BCUT2D eigenvalue weighted by Gasteiger charge is -2.19. The van der Waals surface area contributed by atoms with E-state index in [0.717, 1.165) is 18.5 Å². The lowest BCUT2D eigenvalue weighted by Crippen LogP contribution is -2.33. The summed E-state index contributed by atoms with van der Waals surface area (Å²) in [7, 11) is 0. The van der Waals surface area contributed by atoms with Gasteiger partial charge in [0.2, 0.25) is 0 Å². The van der Waals surface area contributed by atoms with Gasteiger partial charge in [-0.25, -0.2) is 4.79 Å². The van der Waals surface area contributed by atoms with E-state index in [1.165, 1.54) is 0 Å². The van der Waals surface area contributed by atoms with Crippen LogP contribution in [0.4, 0.5) is 4.79 Å². The van der Waals surface area contributed by atoms with E-state index in [1.54, 1.807) is 0 Å². The number of hydrogen-bond acceptors (Lipinski definition) is 5. The first-order valence-corrected chi connectivity index (χ1v) is 7.67. The van der Waals surface area contributed by atoms with Crippen LogP contribution in [0.15, 0.2) is 24.3 Å². The number of benzene rings is 1. The molecule has 0 bridgehead atoms. The first-order chi connectivity index (χ1) is 10.9. The molecule has 0 saturated carbocycles. The summed E-state index contributed by atoms with van der Waals surface area (Å²) in [5, 5.41) is 14.6. The fourth-order valence-corrected chi connectivity index (χ4v) is 1.84. The van der Waals surface area contributed by atoms with Gasteiger partial charge in [-0.1, -0.05) is 18.2 Å². The van der Waals surface area contributed by atoms with Crippen molar-refractivity contribution in [2.24, 2.45) is 0 Å². The summed E-state index contributed by atoms with van der Waals surface area (Å²) < 4.78 is 10.5. The van der Waals surface area contributed by atoms with E-state index in [0.29, 0.717) is 18.8 Å². The second kappa shape index (κ2) is 9.70. The quantitative estimate of drug-likeness (QED) is 0.720. The van der Waals surface area contributed by atoms with Crippen molar-refractivity contribution in [2.45, 2.75) is 39.3 Å². The standard InChI is InChI=1S/C17H25N3O3/c1-17(2,3)23-16(21)20-11-6-10-19-13-14-7-4-5-8-15(14)22-12-9-18/h4-5,7-8,19H,6,10-13H2,1-3H3,(H,20,21). The molecule has 0 aliphatic heterocycles. The van der Waals surface area contributed by atoms with Gasteiger partial charge in [0.25, 0.3) is 0 Å². The van der Waals surface area contributed by atoms with Gasteiger partial charge in [0.15, 0.2) is 6.61 Å². The first kappa shape index (κ1) is 18.8. The monoisotopic (exact) mass is 319 g/mol. The normalized spacial score (nSPS) is 10.7. The predicted molar refractivity (Wildman–Crippen MR) is 88.1 cm³/mol. The number of carbonyl (C=O) groups excluding carboxylic acids is 1. The molecule has 1 amide bonds. The van der Waals surface area contributed by atoms with E-state index in [2.05, 4.69) is 10.6 Å². The van der Waals surface area contributed by atoms with Crippen molar-refractivity contribution in [2.75, 3.05) is 19.7 Å². The van der Waals surface area contributed by atoms with Crippen LogP contribution in [-0.4, -0.2) is 31.4 Å². The van der Waals surface area contributed by atoms with E-state index in [9.17, 15) is 4.79 Å². The molecule has 6 nitrogen and oxygen atoms in total. The van der Waals surface area contributed by atoms with Crippen LogP contribution < -0.4 is 15.4 Å². The van der Waals surface area contributed by atoms with Crippen molar-refractivity contribution in [1.29, 1.82) is 5.26 Å². The largest absolute Gasteiger partial charge is 0.478 e. The van der Waals surface area contributed by atoms with Gasteiger partial charge in [-0.05, 0) is 39.8 Å². The molecule has 126 valence electrons. The highest BCUT2D eigenvalue weighted by Crippen LogP contribution is 2.17. The first-order valence-electron chi connectivity index (χ1n) is 7.67. The number of hydrogen-bond donors (Lipinski definition) is 2. The third-order valence-corrected chi connectivity index (χ3v) is 2.78. The SMILES string of the molecule is CC(C)(C)OC(=O)NCCCNCc1ccccc1OCC#N. The van der Waals surface area contributed by atoms with Crippen LogP contribution in [0.1, 0.15) is 32.8 Å². The summed E-state index contributed by atoms with van der Waals surface area (Å²) in [6.45, 7) is 7.49. The van der Waals surface area contributed by atoms with Gasteiger partial charge in [-0.15, -0.1) is 0 Å². The Morgan fingerprint density at radius 1 is 1.26 bits per heavy atom. The van der Waals surface area contributed by atoms with Gasteiger partial charge in [0.1, 0.15) is 17.4 Å². The van der Waals surface area contributed by atoms with E-state index in [4.69, 9.17) is 14.7 Å². The van der Waals surface area contributed by atoms with Gasteiger partial charge in [-0.3, -0.25) is 0 Å². The van der Waals surface area contributed by atoms with Gasteiger partial charge in [0, 0.05) is 18.7 Å². The minimum atomic E-state index is -0.477.